The van der Waals surface area contributed by atoms with Gasteiger partial charge in [-0.05, 0) is 36.5 Å². The molecule has 84 valence electrons. The van der Waals surface area contributed by atoms with Crippen LogP contribution in [-0.2, 0) is 6.42 Å². The van der Waals surface area contributed by atoms with Crippen LogP contribution in [0.4, 0.5) is 0 Å². The Balaban J connectivity index is 1.85. The first-order chi connectivity index (χ1) is 7.84. The van der Waals surface area contributed by atoms with Gasteiger partial charge in [0.15, 0.2) is 5.17 Å². The number of hydrogen-bond donors (Lipinski definition) is 1. The van der Waals surface area contributed by atoms with Crippen molar-refractivity contribution in [2.75, 3.05) is 12.3 Å². The maximum atomic E-state index is 4.47. The maximum absolute atomic E-state index is 4.47. The molecule has 0 radical (unpaired) electrons. The molecule has 2 nitrogen and oxygen atoms in total. The van der Waals surface area contributed by atoms with Crippen LogP contribution in [0.15, 0.2) is 23.2 Å². The molecular weight excluding hydrogens is 216 g/mol. The molecule has 0 saturated carbocycles. The van der Waals surface area contributed by atoms with Crippen LogP contribution in [0.3, 0.4) is 0 Å². The molecule has 3 heteroatoms. The van der Waals surface area contributed by atoms with Gasteiger partial charge < -0.3 is 5.32 Å². The van der Waals surface area contributed by atoms with Crippen molar-refractivity contribution in [1.82, 2.24) is 5.32 Å². The van der Waals surface area contributed by atoms with Gasteiger partial charge in [-0.1, -0.05) is 30.0 Å². The molecule has 0 fully saturated rings. The number of hydrogen-bond acceptors (Lipinski definition) is 3. The second kappa shape index (κ2) is 4.13. The zero-order valence-electron chi connectivity index (χ0n) is 9.49. The SMILES string of the molecule is Cc1cccc2c1C(NC1=NCCS1)CC2. The summed E-state index contributed by atoms with van der Waals surface area (Å²) in [5.74, 6) is 1.13. The van der Waals surface area contributed by atoms with Gasteiger partial charge in [0, 0.05) is 5.75 Å². The summed E-state index contributed by atoms with van der Waals surface area (Å²) in [6, 6.07) is 7.12. The van der Waals surface area contributed by atoms with Crippen LogP contribution in [0.5, 0.6) is 0 Å². The minimum Gasteiger partial charge on any atom is -0.358 e. The summed E-state index contributed by atoms with van der Waals surface area (Å²) in [6.45, 7) is 3.18. The van der Waals surface area contributed by atoms with Gasteiger partial charge >= 0.3 is 0 Å². The maximum Gasteiger partial charge on any atom is 0.157 e. The third-order valence-electron chi connectivity index (χ3n) is 3.35. The highest BCUT2D eigenvalue weighted by atomic mass is 32.2. The Morgan fingerprint density at radius 2 is 2.38 bits per heavy atom. The third-order valence-corrected chi connectivity index (χ3v) is 4.26. The van der Waals surface area contributed by atoms with Gasteiger partial charge in [0.1, 0.15) is 0 Å². The number of amidine groups is 1. The predicted octanol–water partition coefficient (Wildman–Crippen LogP) is 2.67. The Morgan fingerprint density at radius 3 is 3.19 bits per heavy atom. The molecular formula is C13H16N2S. The molecule has 1 aliphatic carbocycles. The van der Waals surface area contributed by atoms with Gasteiger partial charge in [-0.15, -0.1) is 0 Å². The normalized spacial score (nSPS) is 23.1. The first kappa shape index (κ1) is 10.2. The van der Waals surface area contributed by atoms with Crippen LogP contribution in [0.25, 0.3) is 0 Å². The number of benzene rings is 1. The molecule has 1 atom stereocenters. The van der Waals surface area contributed by atoms with Gasteiger partial charge in [-0.2, -0.15) is 0 Å². The summed E-state index contributed by atoms with van der Waals surface area (Å²) in [4.78, 5) is 4.47. The number of fused-ring (bicyclic) bond motifs is 1. The molecule has 2 aliphatic rings. The summed E-state index contributed by atoms with van der Waals surface area (Å²) in [6.07, 6.45) is 2.41. The van der Waals surface area contributed by atoms with E-state index in [2.05, 4.69) is 35.4 Å². The predicted molar refractivity (Wildman–Crippen MR) is 70.1 cm³/mol. The fourth-order valence-corrected chi connectivity index (χ4v) is 3.40. The van der Waals surface area contributed by atoms with Crippen molar-refractivity contribution in [1.29, 1.82) is 0 Å². The lowest BCUT2D eigenvalue weighted by atomic mass is 10.0. The van der Waals surface area contributed by atoms with E-state index in [0.29, 0.717) is 6.04 Å². The van der Waals surface area contributed by atoms with Crippen LogP contribution in [-0.4, -0.2) is 17.5 Å². The molecule has 1 N–H and O–H groups in total. The quantitative estimate of drug-likeness (QED) is 0.805. The van der Waals surface area contributed by atoms with Crippen molar-refractivity contribution in [2.24, 2.45) is 4.99 Å². The Bertz CT molecular complexity index is 440. The molecule has 1 heterocycles. The molecule has 0 amide bonds. The molecule has 1 aromatic rings. The lowest BCUT2D eigenvalue weighted by Gasteiger charge is -2.16. The fourth-order valence-electron chi connectivity index (χ4n) is 2.62. The highest BCUT2D eigenvalue weighted by Gasteiger charge is 2.25. The van der Waals surface area contributed by atoms with Crippen molar-refractivity contribution in [3.63, 3.8) is 0 Å². The fraction of sp³-hybridized carbons (Fsp3) is 0.462. The largest absolute Gasteiger partial charge is 0.358 e. The Kier molecular flexibility index (Phi) is 2.64. The average Bonchev–Trinajstić information content (AvgIpc) is 2.90. The van der Waals surface area contributed by atoms with Crippen molar-refractivity contribution in [2.45, 2.75) is 25.8 Å². The Labute approximate surface area is 101 Å². The van der Waals surface area contributed by atoms with E-state index in [1.165, 1.54) is 29.5 Å². The van der Waals surface area contributed by atoms with Crippen molar-refractivity contribution < 1.29 is 0 Å². The minimum absolute atomic E-state index is 0.487. The van der Waals surface area contributed by atoms with E-state index in [-0.39, 0.29) is 0 Å². The van der Waals surface area contributed by atoms with Gasteiger partial charge in [0.2, 0.25) is 0 Å². The Hall–Kier alpha value is -0.960. The second-order valence-corrected chi connectivity index (χ2v) is 5.50. The van der Waals surface area contributed by atoms with E-state index in [1.807, 2.05) is 11.8 Å². The zero-order chi connectivity index (χ0) is 11.0. The summed E-state index contributed by atoms with van der Waals surface area (Å²) in [5, 5.41) is 4.73. The monoisotopic (exact) mass is 232 g/mol. The smallest absolute Gasteiger partial charge is 0.157 e. The van der Waals surface area contributed by atoms with Crippen molar-refractivity contribution >= 4 is 16.9 Å². The number of thioether (sulfide) groups is 1. The first-order valence-corrected chi connectivity index (χ1v) is 6.85. The number of aryl methyl sites for hydroxylation is 2. The number of rotatable bonds is 1. The summed E-state index contributed by atoms with van der Waals surface area (Å²) in [7, 11) is 0. The van der Waals surface area contributed by atoms with Crippen LogP contribution >= 0.6 is 11.8 Å². The topological polar surface area (TPSA) is 24.4 Å². The van der Waals surface area contributed by atoms with E-state index in [4.69, 9.17) is 0 Å². The van der Waals surface area contributed by atoms with E-state index < -0.39 is 0 Å². The van der Waals surface area contributed by atoms with Gasteiger partial charge in [-0.25, -0.2) is 0 Å². The van der Waals surface area contributed by atoms with Gasteiger partial charge in [-0.3, -0.25) is 4.99 Å². The van der Waals surface area contributed by atoms with Gasteiger partial charge in [0.25, 0.3) is 0 Å². The standard InChI is InChI=1S/C13H16N2S/c1-9-3-2-4-10-5-6-11(12(9)10)15-13-14-7-8-16-13/h2-4,11H,5-8H2,1H3,(H,14,15). The lowest BCUT2D eigenvalue weighted by molar-refractivity contribution is 0.642. The van der Waals surface area contributed by atoms with Crippen molar-refractivity contribution in [3.05, 3.63) is 34.9 Å². The minimum atomic E-state index is 0.487. The summed E-state index contributed by atoms with van der Waals surface area (Å²) in [5.41, 5.74) is 4.44. The molecule has 16 heavy (non-hydrogen) atoms. The summed E-state index contributed by atoms with van der Waals surface area (Å²) < 4.78 is 0. The highest BCUT2D eigenvalue weighted by Crippen LogP contribution is 2.34. The highest BCUT2D eigenvalue weighted by molar-refractivity contribution is 8.14. The average molecular weight is 232 g/mol. The molecule has 3 rings (SSSR count). The lowest BCUT2D eigenvalue weighted by Crippen LogP contribution is -2.24. The molecule has 0 spiro atoms. The summed E-state index contributed by atoms with van der Waals surface area (Å²) >= 11 is 1.85. The van der Waals surface area contributed by atoms with Crippen LogP contribution in [0, 0.1) is 6.92 Å². The van der Waals surface area contributed by atoms with E-state index in [0.717, 1.165) is 17.5 Å². The van der Waals surface area contributed by atoms with Gasteiger partial charge in [0.05, 0.1) is 12.6 Å². The third kappa shape index (κ3) is 1.73. The van der Waals surface area contributed by atoms with Crippen LogP contribution in [0.2, 0.25) is 0 Å². The van der Waals surface area contributed by atoms with Crippen LogP contribution in [0.1, 0.15) is 29.2 Å². The van der Waals surface area contributed by atoms with Crippen LogP contribution < -0.4 is 5.32 Å². The van der Waals surface area contributed by atoms with E-state index in [1.54, 1.807) is 0 Å². The number of nitrogens with one attached hydrogen (secondary N) is 1. The molecule has 1 aromatic carbocycles. The second-order valence-electron chi connectivity index (χ2n) is 4.42. The van der Waals surface area contributed by atoms with Crippen molar-refractivity contribution in [3.8, 4) is 0 Å². The molecule has 0 bridgehead atoms. The zero-order valence-corrected chi connectivity index (χ0v) is 10.3. The number of nitrogens with zero attached hydrogens (tertiary/aromatic N) is 1. The first-order valence-electron chi connectivity index (χ1n) is 5.87. The number of aliphatic imine (C=N–C) groups is 1. The molecule has 1 unspecified atom stereocenters. The molecule has 1 aliphatic heterocycles. The van der Waals surface area contributed by atoms with E-state index in [9.17, 15) is 0 Å². The van der Waals surface area contributed by atoms with E-state index >= 15 is 0 Å². The molecule has 0 saturated heterocycles. The Morgan fingerprint density at radius 1 is 1.44 bits per heavy atom. The molecule has 0 aromatic heterocycles.